The number of allylic oxidation sites excluding steroid dienone is 2. The monoisotopic (exact) mass is 178 g/mol. The summed E-state index contributed by atoms with van der Waals surface area (Å²) in [5.74, 6) is 1.34. The molecular formula is C12H18O. The molecule has 2 fully saturated rings. The van der Waals surface area contributed by atoms with Crippen molar-refractivity contribution in [3.63, 3.8) is 0 Å². The van der Waals surface area contributed by atoms with E-state index in [0.717, 1.165) is 13.2 Å². The van der Waals surface area contributed by atoms with Crippen molar-refractivity contribution in [1.29, 1.82) is 0 Å². The first-order valence-corrected chi connectivity index (χ1v) is 5.13. The van der Waals surface area contributed by atoms with Crippen LogP contribution in [0.25, 0.3) is 0 Å². The fourth-order valence-electron chi connectivity index (χ4n) is 2.94. The first-order valence-electron chi connectivity index (χ1n) is 5.13. The highest BCUT2D eigenvalue weighted by Crippen LogP contribution is 2.52. The zero-order valence-electron chi connectivity index (χ0n) is 8.17. The predicted octanol–water partition coefficient (Wildman–Crippen LogP) is 2.79. The molecule has 1 aliphatic carbocycles. The third-order valence-corrected chi connectivity index (χ3v) is 3.76. The van der Waals surface area contributed by atoms with Crippen LogP contribution in [-0.2, 0) is 4.74 Å². The first-order chi connectivity index (χ1) is 6.30. The summed E-state index contributed by atoms with van der Waals surface area (Å²) in [6.07, 6.45) is 7.93. The van der Waals surface area contributed by atoms with Gasteiger partial charge in [0.05, 0.1) is 6.61 Å². The summed E-state index contributed by atoms with van der Waals surface area (Å²) in [6, 6.07) is 0. The lowest BCUT2D eigenvalue weighted by atomic mass is 9.77. The second-order valence-electron chi connectivity index (χ2n) is 4.44. The molecule has 1 saturated carbocycles. The fourth-order valence-corrected chi connectivity index (χ4v) is 2.94. The van der Waals surface area contributed by atoms with E-state index >= 15 is 0 Å². The van der Waals surface area contributed by atoms with E-state index in [9.17, 15) is 0 Å². The maximum absolute atomic E-state index is 5.53. The maximum atomic E-state index is 5.53. The molecule has 1 saturated heterocycles. The van der Waals surface area contributed by atoms with Crippen molar-refractivity contribution >= 4 is 0 Å². The molecule has 1 nitrogen and oxygen atoms in total. The third-order valence-electron chi connectivity index (χ3n) is 3.76. The van der Waals surface area contributed by atoms with Crippen LogP contribution < -0.4 is 0 Å². The molecule has 1 spiro atoms. The molecule has 13 heavy (non-hydrogen) atoms. The zero-order valence-corrected chi connectivity index (χ0v) is 8.17. The average Bonchev–Trinajstić information content (AvgIpc) is 2.74. The Bertz CT molecular complexity index is 213. The molecule has 0 aromatic carbocycles. The van der Waals surface area contributed by atoms with Gasteiger partial charge in [0.2, 0.25) is 0 Å². The van der Waals surface area contributed by atoms with E-state index in [4.69, 9.17) is 4.74 Å². The Balaban J connectivity index is 2.16. The summed E-state index contributed by atoms with van der Waals surface area (Å²) in [6.45, 7) is 9.71. The maximum Gasteiger partial charge on any atom is 0.0529 e. The van der Waals surface area contributed by atoms with Crippen molar-refractivity contribution in [2.75, 3.05) is 13.2 Å². The van der Waals surface area contributed by atoms with Gasteiger partial charge >= 0.3 is 0 Å². The van der Waals surface area contributed by atoms with Gasteiger partial charge in [0, 0.05) is 12.0 Å². The highest BCUT2D eigenvalue weighted by molar-refractivity contribution is 5.07. The lowest BCUT2D eigenvalue weighted by Gasteiger charge is -2.26. The Morgan fingerprint density at radius 3 is 2.69 bits per heavy atom. The lowest BCUT2D eigenvalue weighted by Crippen LogP contribution is -2.24. The van der Waals surface area contributed by atoms with Gasteiger partial charge in [-0.3, -0.25) is 0 Å². The van der Waals surface area contributed by atoms with Crippen molar-refractivity contribution in [2.45, 2.75) is 19.3 Å². The summed E-state index contributed by atoms with van der Waals surface area (Å²) in [5.41, 5.74) is 0.417. The highest BCUT2D eigenvalue weighted by Gasteiger charge is 2.47. The second kappa shape index (κ2) is 3.30. The molecule has 0 aromatic rings. The average molecular weight is 178 g/mol. The van der Waals surface area contributed by atoms with Crippen molar-refractivity contribution in [2.24, 2.45) is 17.3 Å². The van der Waals surface area contributed by atoms with E-state index in [1.54, 1.807) is 0 Å². The molecular weight excluding hydrogens is 160 g/mol. The van der Waals surface area contributed by atoms with Crippen molar-refractivity contribution in [3.8, 4) is 0 Å². The molecule has 0 aromatic heterocycles. The standard InChI is InChI=1S/C12H18O/c1-3-10-7-11(4-2)12(8-10)5-6-13-9-12/h3-4,10-11H,1-2,5-9H2. The lowest BCUT2D eigenvalue weighted by molar-refractivity contribution is 0.137. The van der Waals surface area contributed by atoms with E-state index in [2.05, 4.69) is 25.3 Å². The molecule has 3 unspecified atom stereocenters. The zero-order chi connectivity index (χ0) is 9.31. The van der Waals surface area contributed by atoms with Gasteiger partial charge in [-0.25, -0.2) is 0 Å². The van der Waals surface area contributed by atoms with Crippen LogP contribution in [0.4, 0.5) is 0 Å². The third kappa shape index (κ3) is 1.35. The Labute approximate surface area is 80.5 Å². The molecule has 72 valence electrons. The van der Waals surface area contributed by atoms with Crippen molar-refractivity contribution in [1.82, 2.24) is 0 Å². The number of rotatable bonds is 2. The van der Waals surface area contributed by atoms with Crippen LogP contribution in [0.15, 0.2) is 25.3 Å². The molecule has 3 atom stereocenters. The molecule has 0 radical (unpaired) electrons. The van der Waals surface area contributed by atoms with E-state index < -0.39 is 0 Å². The van der Waals surface area contributed by atoms with Gasteiger partial charge < -0.3 is 4.74 Å². The van der Waals surface area contributed by atoms with E-state index in [1.807, 2.05) is 0 Å². The van der Waals surface area contributed by atoms with Gasteiger partial charge in [-0.15, -0.1) is 13.2 Å². The van der Waals surface area contributed by atoms with Gasteiger partial charge in [0.15, 0.2) is 0 Å². The fraction of sp³-hybridized carbons (Fsp3) is 0.667. The van der Waals surface area contributed by atoms with E-state index in [-0.39, 0.29) is 0 Å². The minimum Gasteiger partial charge on any atom is -0.381 e. The molecule has 1 heteroatoms. The minimum atomic E-state index is 0.417. The van der Waals surface area contributed by atoms with E-state index in [1.165, 1.54) is 19.3 Å². The van der Waals surface area contributed by atoms with Crippen molar-refractivity contribution < 1.29 is 4.74 Å². The van der Waals surface area contributed by atoms with Crippen molar-refractivity contribution in [3.05, 3.63) is 25.3 Å². The summed E-state index contributed by atoms with van der Waals surface area (Å²) in [7, 11) is 0. The SMILES string of the molecule is C=CC1CC(C=C)C2(CCOC2)C1. The molecule has 0 amide bonds. The largest absolute Gasteiger partial charge is 0.381 e. The van der Waals surface area contributed by atoms with Crippen LogP contribution in [0.3, 0.4) is 0 Å². The molecule has 0 bridgehead atoms. The van der Waals surface area contributed by atoms with Gasteiger partial charge in [0.1, 0.15) is 0 Å². The summed E-state index contributed by atoms with van der Waals surface area (Å²) in [4.78, 5) is 0. The van der Waals surface area contributed by atoms with Gasteiger partial charge in [-0.2, -0.15) is 0 Å². The van der Waals surface area contributed by atoms with Crippen LogP contribution in [0.1, 0.15) is 19.3 Å². The Morgan fingerprint density at radius 2 is 2.15 bits per heavy atom. The first kappa shape index (κ1) is 9.01. The smallest absolute Gasteiger partial charge is 0.0529 e. The topological polar surface area (TPSA) is 9.23 Å². The minimum absolute atomic E-state index is 0.417. The summed E-state index contributed by atoms with van der Waals surface area (Å²) < 4.78 is 5.53. The normalized spacial score (nSPS) is 44.0. The van der Waals surface area contributed by atoms with Gasteiger partial charge in [-0.1, -0.05) is 12.2 Å². The number of hydrogen-bond donors (Lipinski definition) is 0. The van der Waals surface area contributed by atoms with Crippen LogP contribution >= 0.6 is 0 Å². The van der Waals surface area contributed by atoms with Gasteiger partial charge in [-0.05, 0) is 31.1 Å². The van der Waals surface area contributed by atoms with Crippen LogP contribution in [0, 0.1) is 17.3 Å². The predicted molar refractivity (Wildman–Crippen MR) is 54.5 cm³/mol. The summed E-state index contributed by atoms with van der Waals surface area (Å²) >= 11 is 0. The highest BCUT2D eigenvalue weighted by atomic mass is 16.5. The molecule has 2 rings (SSSR count). The number of ether oxygens (including phenoxy) is 1. The Kier molecular flexibility index (Phi) is 2.29. The molecule has 2 aliphatic rings. The van der Waals surface area contributed by atoms with Crippen LogP contribution in [0.2, 0.25) is 0 Å². The molecule has 1 aliphatic heterocycles. The summed E-state index contributed by atoms with van der Waals surface area (Å²) in [5, 5.41) is 0. The quantitative estimate of drug-likeness (QED) is 0.591. The van der Waals surface area contributed by atoms with E-state index in [0.29, 0.717) is 17.3 Å². The second-order valence-corrected chi connectivity index (χ2v) is 4.44. The Morgan fingerprint density at radius 1 is 1.31 bits per heavy atom. The molecule has 1 heterocycles. The van der Waals surface area contributed by atoms with Gasteiger partial charge in [0.25, 0.3) is 0 Å². The Hall–Kier alpha value is -0.560. The van der Waals surface area contributed by atoms with Crippen LogP contribution in [-0.4, -0.2) is 13.2 Å². The van der Waals surface area contributed by atoms with Crippen LogP contribution in [0.5, 0.6) is 0 Å². The number of hydrogen-bond acceptors (Lipinski definition) is 1. The molecule has 0 N–H and O–H groups in total.